The van der Waals surface area contributed by atoms with Crippen LogP contribution in [0.2, 0.25) is 0 Å². The van der Waals surface area contributed by atoms with Gasteiger partial charge in [-0.25, -0.2) is 0 Å². The number of hydrogen-bond donors (Lipinski definition) is 1. The second-order valence-corrected chi connectivity index (χ2v) is 8.67. The largest absolute Gasteiger partial charge is 0.481 e. The smallest absolute Gasteiger partial charge is 0.310 e. The molecule has 0 amide bonds. The third-order valence-corrected chi connectivity index (χ3v) is 6.57. The number of rotatable bonds is 7. The fourth-order valence-corrected chi connectivity index (χ4v) is 4.43. The lowest BCUT2D eigenvalue weighted by Gasteiger charge is -2.35. The SMILES string of the molecule is CC(C)C(C)CC(OC(=O)C1CCCCC1C(=O)O)C1CCCCC1. The summed E-state index contributed by atoms with van der Waals surface area (Å²) < 4.78 is 6.03. The molecule has 0 aliphatic heterocycles. The van der Waals surface area contributed by atoms with Crippen molar-refractivity contribution < 1.29 is 19.4 Å². The van der Waals surface area contributed by atoms with Crippen LogP contribution in [0.3, 0.4) is 0 Å². The molecule has 4 nitrogen and oxygen atoms in total. The molecule has 25 heavy (non-hydrogen) atoms. The topological polar surface area (TPSA) is 63.6 Å². The zero-order valence-corrected chi connectivity index (χ0v) is 16.2. The van der Waals surface area contributed by atoms with Gasteiger partial charge in [-0.2, -0.15) is 0 Å². The fraction of sp³-hybridized carbons (Fsp3) is 0.905. The van der Waals surface area contributed by atoms with Crippen LogP contribution in [0.25, 0.3) is 0 Å². The van der Waals surface area contributed by atoms with Crippen molar-refractivity contribution >= 4 is 11.9 Å². The Morgan fingerprint density at radius 3 is 2.04 bits per heavy atom. The average molecular weight is 353 g/mol. The number of carbonyl (C=O) groups excluding carboxylic acids is 1. The number of carbonyl (C=O) groups is 2. The first kappa shape index (κ1) is 20.3. The summed E-state index contributed by atoms with van der Waals surface area (Å²) in [4.78, 5) is 24.3. The number of esters is 1. The molecule has 2 fully saturated rings. The quantitative estimate of drug-likeness (QED) is 0.651. The van der Waals surface area contributed by atoms with Crippen LogP contribution in [0.4, 0.5) is 0 Å². The first-order chi connectivity index (χ1) is 11.9. The van der Waals surface area contributed by atoms with Crippen LogP contribution in [-0.4, -0.2) is 23.1 Å². The van der Waals surface area contributed by atoms with Gasteiger partial charge in [-0.15, -0.1) is 0 Å². The van der Waals surface area contributed by atoms with E-state index in [4.69, 9.17) is 4.74 Å². The van der Waals surface area contributed by atoms with Crippen molar-refractivity contribution in [1.29, 1.82) is 0 Å². The van der Waals surface area contributed by atoms with Crippen LogP contribution in [0, 0.1) is 29.6 Å². The Balaban J connectivity index is 2.05. The molecule has 4 atom stereocenters. The van der Waals surface area contributed by atoms with E-state index < -0.39 is 17.8 Å². The standard InChI is InChI=1S/C21H36O4/c1-14(2)15(3)13-19(16-9-5-4-6-10-16)25-21(24)18-12-8-7-11-17(18)20(22)23/h14-19H,4-13H2,1-3H3,(H,22,23). The van der Waals surface area contributed by atoms with Crippen molar-refractivity contribution in [3.05, 3.63) is 0 Å². The van der Waals surface area contributed by atoms with Gasteiger partial charge in [-0.1, -0.05) is 52.9 Å². The lowest BCUT2D eigenvalue weighted by atomic mass is 9.78. The normalized spacial score (nSPS) is 27.7. The summed E-state index contributed by atoms with van der Waals surface area (Å²) in [5, 5.41) is 9.45. The molecule has 0 bridgehead atoms. The highest BCUT2D eigenvalue weighted by atomic mass is 16.5. The summed E-state index contributed by atoms with van der Waals surface area (Å²) in [6, 6.07) is 0. The molecule has 144 valence electrons. The maximum absolute atomic E-state index is 12.8. The van der Waals surface area contributed by atoms with Crippen molar-refractivity contribution in [2.24, 2.45) is 29.6 Å². The molecule has 0 spiro atoms. The van der Waals surface area contributed by atoms with E-state index in [0.717, 1.165) is 32.1 Å². The van der Waals surface area contributed by atoms with Gasteiger partial charge in [0.05, 0.1) is 11.8 Å². The molecule has 2 saturated carbocycles. The minimum atomic E-state index is -0.841. The fourth-order valence-electron chi connectivity index (χ4n) is 4.43. The Bertz CT molecular complexity index is 439. The minimum absolute atomic E-state index is 0.0402. The summed E-state index contributed by atoms with van der Waals surface area (Å²) >= 11 is 0. The molecule has 2 aliphatic rings. The van der Waals surface area contributed by atoms with Gasteiger partial charge in [0.1, 0.15) is 6.10 Å². The van der Waals surface area contributed by atoms with E-state index in [9.17, 15) is 14.7 Å². The van der Waals surface area contributed by atoms with Crippen LogP contribution in [-0.2, 0) is 14.3 Å². The number of ether oxygens (including phenoxy) is 1. The predicted molar refractivity (Wildman–Crippen MR) is 98.2 cm³/mol. The zero-order chi connectivity index (χ0) is 18.4. The first-order valence-corrected chi connectivity index (χ1v) is 10.3. The molecule has 0 saturated heterocycles. The number of carboxylic acids is 1. The van der Waals surface area contributed by atoms with Gasteiger partial charge in [-0.3, -0.25) is 9.59 Å². The van der Waals surface area contributed by atoms with Crippen LogP contribution in [0.1, 0.15) is 85.0 Å². The molecular weight excluding hydrogens is 316 g/mol. The average Bonchev–Trinajstić information content (AvgIpc) is 2.61. The second-order valence-electron chi connectivity index (χ2n) is 8.67. The number of carboxylic acid groups (broad SMARTS) is 1. The Labute approximate surface area is 152 Å². The highest BCUT2D eigenvalue weighted by Gasteiger charge is 2.39. The van der Waals surface area contributed by atoms with E-state index in [0.29, 0.717) is 30.6 Å². The summed E-state index contributed by atoms with van der Waals surface area (Å²) in [5.41, 5.74) is 0. The van der Waals surface area contributed by atoms with Crippen LogP contribution in [0.15, 0.2) is 0 Å². The molecule has 0 radical (unpaired) electrons. The summed E-state index contributed by atoms with van der Waals surface area (Å²) in [6.45, 7) is 6.66. The van der Waals surface area contributed by atoms with E-state index in [1.54, 1.807) is 0 Å². The molecule has 2 rings (SSSR count). The molecular formula is C21H36O4. The predicted octanol–water partition coefficient (Wildman–Crippen LogP) is 5.05. The Morgan fingerprint density at radius 1 is 0.920 bits per heavy atom. The van der Waals surface area contributed by atoms with Crippen molar-refractivity contribution in [3.63, 3.8) is 0 Å². The summed E-state index contributed by atoms with van der Waals surface area (Å²) in [7, 11) is 0. The van der Waals surface area contributed by atoms with Gasteiger partial charge in [-0.05, 0) is 49.9 Å². The zero-order valence-electron chi connectivity index (χ0n) is 16.2. The van der Waals surface area contributed by atoms with E-state index in [-0.39, 0.29) is 12.1 Å². The Morgan fingerprint density at radius 2 is 1.48 bits per heavy atom. The monoisotopic (exact) mass is 352 g/mol. The highest BCUT2D eigenvalue weighted by Crippen LogP contribution is 2.36. The van der Waals surface area contributed by atoms with Gasteiger partial charge in [0.15, 0.2) is 0 Å². The summed E-state index contributed by atoms with van der Waals surface area (Å²) in [5.74, 6) is -0.592. The molecule has 0 heterocycles. The van der Waals surface area contributed by atoms with Gasteiger partial charge in [0.2, 0.25) is 0 Å². The minimum Gasteiger partial charge on any atom is -0.481 e. The molecule has 2 aliphatic carbocycles. The van der Waals surface area contributed by atoms with Crippen molar-refractivity contribution in [3.8, 4) is 0 Å². The lowest BCUT2D eigenvalue weighted by Crippen LogP contribution is -2.38. The van der Waals surface area contributed by atoms with Crippen LogP contribution < -0.4 is 0 Å². The molecule has 0 aromatic heterocycles. The van der Waals surface area contributed by atoms with E-state index in [2.05, 4.69) is 20.8 Å². The Kier molecular flexibility index (Phi) is 7.77. The van der Waals surface area contributed by atoms with Gasteiger partial charge >= 0.3 is 11.9 Å². The highest BCUT2D eigenvalue weighted by molar-refractivity contribution is 5.81. The van der Waals surface area contributed by atoms with Crippen LogP contribution in [0.5, 0.6) is 0 Å². The third-order valence-electron chi connectivity index (χ3n) is 6.57. The molecule has 0 aromatic carbocycles. The molecule has 4 unspecified atom stereocenters. The second kappa shape index (κ2) is 9.59. The maximum atomic E-state index is 12.8. The van der Waals surface area contributed by atoms with Gasteiger partial charge in [0, 0.05) is 0 Å². The van der Waals surface area contributed by atoms with Crippen LogP contribution >= 0.6 is 0 Å². The molecule has 4 heteroatoms. The van der Waals surface area contributed by atoms with E-state index in [1.165, 1.54) is 19.3 Å². The van der Waals surface area contributed by atoms with Crippen molar-refractivity contribution in [2.45, 2.75) is 91.1 Å². The van der Waals surface area contributed by atoms with Gasteiger partial charge < -0.3 is 9.84 Å². The van der Waals surface area contributed by atoms with Crippen molar-refractivity contribution in [1.82, 2.24) is 0 Å². The Hall–Kier alpha value is -1.06. The van der Waals surface area contributed by atoms with Crippen molar-refractivity contribution in [2.75, 3.05) is 0 Å². The first-order valence-electron chi connectivity index (χ1n) is 10.3. The third kappa shape index (κ3) is 5.72. The maximum Gasteiger partial charge on any atom is 0.310 e. The molecule has 0 aromatic rings. The number of aliphatic carboxylic acids is 1. The number of hydrogen-bond acceptors (Lipinski definition) is 3. The lowest BCUT2D eigenvalue weighted by molar-refractivity contribution is -0.167. The van der Waals surface area contributed by atoms with E-state index in [1.807, 2.05) is 0 Å². The van der Waals surface area contributed by atoms with Gasteiger partial charge in [0.25, 0.3) is 0 Å². The van der Waals surface area contributed by atoms with E-state index >= 15 is 0 Å². The summed E-state index contributed by atoms with van der Waals surface area (Å²) in [6.07, 6.45) is 9.94. The molecule has 1 N–H and O–H groups in total.